The molecule has 0 N–H and O–H groups in total. The number of rotatable bonds is 0. The van der Waals surface area contributed by atoms with Gasteiger partial charge in [-0.1, -0.05) is 0 Å². The van der Waals surface area contributed by atoms with Gasteiger partial charge in [0.25, 0.3) is 0 Å². The average Bonchev–Trinajstić information content (AvgIpc) is 2.27. The summed E-state index contributed by atoms with van der Waals surface area (Å²) in [4.78, 5) is 3.76. The molecule has 0 radical (unpaired) electrons. The molecule has 11 heavy (non-hydrogen) atoms. The van der Waals surface area contributed by atoms with E-state index in [0.717, 1.165) is 12.0 Å². The SMILES string of the molecule is Cc1cc2cc(F)cnc2o1. The second kappa shape index (κ2) is 2.05. The van der Waals surface area contributed by atoms with Crippen LogP contribution in [-0.2, 0) is 0 Å². The van der Waals surface area contributed by atoms with Gasteiger partial charge in [0.05, 0.1) is 6.20 Å². The molecule has 0 bridgehead atoms. The van der Waals surface area contributed by atoms with Crippen LogP contribution < -0.4 is 0 Å². The Morgan fingerprint density at radius 2 is 2.27 bits per heavy atom. The van der Waals surface area contributed by atoms with Crippen molar-refractivity contribution in [2.24, 2.45) is 0 Å². The lowest BCUT2D eigenvalue weighted by Crippen LogP contribution is -1.75. The van der Waals surface area contributed by atoms with Gasteiger partial charge < -0.3 is 4.42 Å². The van der Waals surface area contributed by atoms with E-state index in [1.807, 2.05) is 0 Å². The Bertz CT molecular complexity index is 394. The van der Waals surface area contributed by atoms with Crippen molar-refractivity contribution in [1.29, 1.82) is 0 Å². The molecule has 0 aliphatic carbocycles. The Morgan fingerprint density at radius 1 is 1.45 bits per heavy atom. The smallest absolute Gasteiger partial charge is 0.226 e. The van der Waals surface area contributed by atoms with E-state index in [-0.39, 0.29) is 5.82 Å². The van der Waals surface area contributed by atoms with E-state index in [4.69, 9.17) is 4.42 Å². The monoisotopic (exact) mass is 151 g/mol. The maximum atomic E-state index is 12.5. The van der Waals surface area contributed by atoms with Crippen LogP contribution in [0.3, 0.4) is 0 Å². The van der Waals surface area contributed by atoms with Gasteiger partial charge in [0, 0.05) is 5.39 Å². The number of aryl methyl sites for hydroxylation is 1. The van der Waals surface area contributed by atoms with E-state index < -0.39 is 0 Å². The third-order valence-electron chi connectivity index (χ3n) is 1.46. The molecule has 56 valence electrons. The van der Waals surface area contributed by atoms with Crippen molar-refractivity contribution < 1.29 is 8.81 Å². The Hall–Kier alpha value is -1.38. The lowest BCUT2D eigenvalue weighted by Gasteiger charge is -1.85. The highest BCUT2D eigenvalue weighted by molar-refractivity contribution is 5.73. The van der Waals surface area contributed by atoms with Crippen LogP contribution in [0.25, 0.3) is 11.1 Å². The normalized spacial score (nSPS) is 10.7. The second-order valence-electron chi connectivity index (χ2n) is 2.40. The molecule has 0 aliphatic heterocycles. The summed E-state index contributed by atoms with van der Waals surface area (Å²) in [6.45, 7) is 1.81. The molecule has 2 aromatic heterocycles. The highest BCUT2D eigenvalue weighted by atomic mass is 19.1. The summed E-state index contributed by atoms with van der Waals surface area (Å²) in [7, 11) is 0. The molecule has 0 amide bonds. The summed E-state index contributed by atoms with van der Waals surface area (Å²) in [5, 5.41) is 0.711. The lowest BCUT2D eigenvalue weighted by molar-refractivity contribution is 0.563. The molecule has 2 nitrogen and oxygen atoms in total. The van der Waals surface area contributed by atoms with E-state index in [1.54, 1.807) is 13.0 Å². The van der Waals surface area contributed by atoms with E-state index >= 15 is 0 Å². The van der Waals surface area contributed by atoms with E-state index in [2.05, 4.69) is 4.98 Å². The molecule has 0 fully saturated rings. The van der Waals surface area contributed by atoms with Crippen LogP contribution >= 0.6 is 0 Å². The topological polar surface area (TPSA) is 26.0 Å². The number of aromatic nitrogens is 1. The van der Waals surface area contributed by atoms with Crippen LogP contribution in [0.2, 0.25) is 0 Å². The number of hydrogen-bond acceptors (Lipinski definition) is 2. The number of pyridine rings is 1. The standard InChI is InChI=1S/C8H6FNO/c1-5-2-6-3-7(9)4-10-8(6)11-5/h2-4H,1H3. The molecule has 2 aromatic rings. The predicted octanol–water partition coefficient (Wildman–Crippen LogP) is 2.28. The summed E-state index contributed by atoms with van der Waals surface area (Å²) >= 11 is 0. The largest absolute Gasteiger partial charge is 0.443 e. The molecule has 2 rings (SSSR count). The predicted molar refractivity (Wildman–Crippen MR) is 38.7 cm³/mol. The minimum Gasteiger partial charge on any atom is -0.443 e. The minimum absolute atomic E-state index is 0.335. The fourth-order valence-corrected chi connectivity index (χ4v) is 1.03. The van der Waals surface area contributed by atoms with Gasteiger partial charge in [0.2, 0.25) is 5.71 Å². The van der Waals surface area contributed by atoms with Gasteiger partial charge in [0.1, 0.15) is 11.6 Å². The van der Waals surface area contributed by atoms with Crippen LogP contribution in [0.4, 0.5) is 4.39 Å². The molecule has 0 saturated carbocycles. The highest BCUT2D eigenvalue weighted by Crippen LogP contribution is 2.16. The van der Waals surface area contributed by atoms with Crippen LogP contribution in [0.15, 0.2) is 22.7 Å². The molecular formula is C8H6FNO. The maximum absolute atomic E-state index is 12.5. The quantitative estimate of drug-likeness (QED) is 0.577. The first-order valence-electron chi connectivity index (χ1n) is 3.27. The summed E-state index contributed by atoms with van der Waals surface area (Å²) in [5.74, 6) is 0.413. The molecular weight excluding hydrogens is 145 g/mol. The van der Waals surface area contributed by atoms with Crippen molar-refractivity contribution >= 4 is 11.1 Å². The Labute approximate surface area is 62.7 Å². The molecule has 0 spiro atoms. The summed E-state index contributed by atoms with van der Waals surface area (Å²) in [5.41, 5.74) is 0.490. The lowest BCUT2D eigenvalue weighted by atomic mass is 10.3. The van der Waals surface area contributed by atoms with Crippen molar-refractivity contribution in [2.75, 3.05) is 0 Å². The van der Waals surface area contributed by atoms with Gasteiger partial charge in [-0.05, 0) is 19.1 Å². The molecule has 2 heterocycles. The van der Waals surface area contributed by atoms with Gasteiger partial charge in [-0.2, -0.15) is 0 Å². The maximum Gasteiger partial charge on any atom is 0.226 e. The van der Waals surface area contributed by atoms with Crippen LogP contribution in [0, 0.1) is 12.7 Å². The van der Waals surface area contributed by atoms with Crippen LogP contribution in [0.1, 0.15) is 5.76 Å². The Balaban J connectivity index is 2.82. The van der Waals surface area contributed by atoms with Crippen molar-refractivity contribution in [2.45, 2.75) is 6.92 Å². The first kappa shape index (κ1) is 6.34. The number of fused-ring (bicyclic) bond motifs is 1. The van der Waals surface area contributed by atoms with Gasteiger partial charge in [-0.15, -0.1) is 0 Å². The van der Waals surface area contributed by atoms with Crippen molar-refractivity contribution in [3.05, 3.63) is 29.9 Å². The molecule has 0 saturated heterocycles. The van der Waals surface area contributed by atoms with E-state index in [1.165, 1.54) is 6.07 Å². The first-order chi connectivity index (χ1) is 5.25. The third-order valence-corrected chi connectivity index (χ3v) is 1.46. The fraction of sp³-hybridized carbons (Fsp3) is 0.125. The number of nitrogens with zero attached hydrogens (tertiary/aromatic N) is 1. The molecule has 0 aliphatic rings. The van der Waals surface area contributed by atoms with Crippen molar-refractivity contribution in [1.82, 2.24) is 4.98 Å². The molecule has 3 heteroatoms. The van der Waals surface area contributed by atoms with Gasteiger partial charge >= 0.3 is 0 Å². The number of halogens is 1. The summed E-state index contributed by atoms with van der Waals surface area (Å²) < 4.78 is 17.7. The zero-order valence-corrected chi connectivity index (χ0v) is 5.97. The van der Waals surface area contributed by atoms with E-state index in [0.29, 0.717) is 11.1 Å². The van der Waals surface area contributed by atoms with E-state index in [9.17, 15) is 4.39 Å². The fourth-order valence-electron chi connectivity index (χ4n) is 1.03. The average molecular weight is 151 g/mol. The van der Waals surface area contributed by atoms with Gasteiger partial charge in [-0.3, -0.25) is 0 Å². The van der Waals surface area contributed by atoms with Gasteiger partial charge in [-0.25, -0.2) is 9.37 Å². The molecule has 0 aromatic carbocycles. The zero-order chi connectivity index (χ0) is 7.84. The second-order valence-corrected chi connectivity index (χ2v) is 2.40. The summed E-state index contributed by atoms with van der Waals surface area (Å²) in [6, 6.07) is 3.16. The molecule has 0 unspecified atom stereocenters. The van der Waals surface area contributed by atoms with Crippen LogP contribution in [-0.4, -0.2) is 4.98 Å². The van der Waals surface area contributed by atoms with Gasteiger partial charge in [0.15, 0.2) is 0 Å². The minimum atomic E-state index is -0.335. The third kappa shape index (κ3) is 0.981. The first-order valence-corrected chi connectivity index (χ1v) is 3.27. The zero-order valence-electron chi connectivity index (χ0n) is 5.97. The van der Waals surface area contributed by atoms with Crippen LogP contribution in [0.5, 0.6) is 0 Å². The highest BCUT2D eigenvalue weighted by Gasteiger charge is 2.01. The summed E-state index contributed by atoms with van der Waals surface area (Å²) in [6.07, 6.45) is 1.14. The van der Waals surface area contributed by atoms with Crippen molar-refractivity contribution in [3.8, 4) is 0 Å². The molecule has 0 atom stereocenters. The number of hydrogen-bond donors (Lipinski definition) is 0. The van der Waals surface area contributed by atoms with Crippen molar-refractivity contribution in [3.63, 3.8) is 0 Å². The number of furan rings is 1. The Kier molecular flexibility index (Phi) is 1.18. The Morgan fingerprint density at radius 3 is 3.09 bits per heavy atom.